The van der Waals surface area contributed by atoms with Crippen LogP contribution in [0.3, 0.4) is 0 Å². The molecule has 5 amide bonds. The van der Waals surface area contributed by atoms with Gasteiger partial charge in [-0.15, -0.1) is 0 Å². The molecule has 0 radical (unpaired) electrons. The number of rotatable bonds is 11. The third kappa shape index (κ3) is 7.92. The van der Waals surface area contributed by atoms with Crippen LogP contribution >= 0.6 is 0 Å². The number of hydrogen-bond acceptors (Lipinski definition) is 12. The molecule has 6 aliphatic heterocycles. The smallest absolute Gasteiger partial charge is 0.419 e. The number of alkyl halides is 3. The van der Waals surface area contributed by atoms with E-state index in [1.807, 2.05) is 17.0 Å². The van der Waals surface area contributed by atoms with Crippen molar-refractivity contribution in [2.45, 2.75) is 56.4 Å². The number of piperidine rings is 3. The van der Waals surface area contributed by atoms with Crippen LogP contribution < -0.4 is 35.8 Å². The van der Waals surface area contributed by atoms with Crippen LogP contribution in [-0.2, 0) is 15.8 Å². The SMILES string of the molecule is CNC(=O)c1ccccc1Nc1cc(Nc2ccc(N3CCC(CN4C5CC4CN(c4cc6c(cc4F)C(=O)N(C4CCC(=O)NC4=O)C6=O)C5)CC3)cc2OC)ncc1C(F)(F)F. The van der Waals surface area contributed by atoms with Gasteiger partial charge in [0.05, 0.1) is 52.1 Å². The Kier molecular flexibility index (Phi) is 11.1. The van der Waals surface area contributed by atoms with Gasteiger partial charge in [0.15, 0.2) is 0 Å². The average molecular weight is 884 g/mol. The minimum absolute atomic E-state index is 0.00366. The molecule has 4 N–H and O–H groups in total. The lowest BCUT2D eigenvalue weighted by atomic mass is 9.84. The molecule has 3 unspecified atom stereocenters. The summed E-state index contributed by atoms with van der Waals surface area (Å²) in [5.74, 6) is -2.62. The standard InChI is InChI=1S/C45H45F4N9O6/c1-50-41(60)28-5-3-4-6-33(28)52-35-19-39(51-20-31(35)45(47,48)49)53-34-8-7-25(16-38(34)64-2)55-13-11-24(12-14-55)21-57-26-15-27(57)23-56(22-26)37-18-30-29(17-32(37)46)43(62)58(44(30)63)36-9-10-40(59)54-42(36)61/h3-8,16-20,24,26-27,36H,9-15,21-23H2,1-2H3,(H,50,60)(H2,51,52,53)(H,54,59,61). The first-order valence-electron chi connectivity index (χ1n) is 21.1. The predicted octanol–water partition coefficient (Wildman–Crippen LogP) is 5.68. The van der Waals surface area contributed by atoms with E-state index in [-0.39, 0.29) is 64.5 Å². The largest absolute Gasteiger partial charge is 0.494 e. The van der Waals surface area contributed by atoms with Crippen LogP contribution in [0.25, 0.3) is 0 Å². The molecule has 0 spiro atoms. The van der Waals surface area contributed by atoms with Crippen LogP contribution in [0, 0.1) is 11.7 Å². The maximum Gasteiger partial charge on any atom is 0.419 e. The summed E-state index contributed by atoms with van der Waals surface area (Å²) in [5.41, 5.74) is 0.739. The molecule has 7 heterocycles. The summed E-state index contributed by atoms with van der Waals surface area (Å²) < 4.78 is 63.6. The van der Waals surface area contributed by atoms with Crippen molar-refractivity contribution < 1.29 is 46.3 Å². The van der Waals surface area contributed by atoms with Crippen molar-refractivity contribution in [2.24, 2.45) is 5.92 Å². The first-order valence-corrected chi connectivity index (χ1v) is 21.1. The number of imide groups is 2. The number of nitrogens with one attached hydrogen (secondary N) is 4. The molecule has 3 aromatic carbocycles. The summed E-state index contributed by atoms with van der Waals surface area (Å²) in [6.45, 7) is 3.63. The Hall–Kier alpha value is -6.76. The van der Waals surface area contributed by atoms with Gasteiger partial charge in [-0.3, -0.25) is 39.1 Å². The third-order valence-electron chi connectivity index (χ3n) is 13.0. The molecule has 15 nitrogen and oxygen atoms in total. The van der Waals surface area contributed by atoms with E-state index in [2.05, 4.69) is 36.1 Å². The fraction of sp³-hybridized carbons (Fsp3) is 0.378. The fourth-order valence-electron chi connectivity index (χ4n) is 9.62. The predicted molar refractivity (Wildman–Crippen MR) is 228 cm³/mol. The summed E-state index contributed by atoms with van der Waals surface area (Å²) in [6.07, 6.45) is -1.10. The molecule has 5 saturated heterocycles. The zero-order valence-electron chi connectivity index (χ0n) is 34.9. The quantitative estimate of drug-likeness (QED) is 0.108. The Labute approximate surface area is 365 Å². The van der Waals surface area contributed by atoms with Gasteiger partial charge in [0.1, 0.15) is 23.4 Å². The normalized spacial score (nSPS) is 21.3. The fourth-order valence-corrected chi connectivity index (χ4v) is 9.62. The minimum Gasteiger partial charge on any atom is -0.494 e. The lowest BCUT2D eigenvalue weighted by Crippen LogP contribution is -2.69. The Balaban J connectivity index is 0.809. The molecule has 2 bridgehead atoms. The van der Waals surface area contributed by atoms with Crippen molar-refractivity contribution in [3.8, 4) is 5.75 Å². The number of methoxy groups -OCH3 is 1. The van der Waals surface area contributed by atoms with Crippen LogP contribution in [0.5, 0.6) is 5.75 Å². The summed E-state index contributed by atoms with van der Waals surface area (Å²) in [5, 5.41) is 10.5. The number of halogens is 4. The molecule has 5 fully saturated rings. The number of para-hydroxylation sites is 1. The highest BCUT2D eigenvalue weighted by Gasteiger charge is 2.48. The van der Waals surface area contributed by atoms with Gasteiger partial charge in [-0.05, 0) is 68.0 Å². The number of pyridine rings is 1. The first-order chi connectivity index (χ1) is 30.7. The van der Waals surface area contributed by atoms with E-state index < -0.39 is 53.1 Å². The number of benzene rings is 3. The molecule has 334 valence electrons. The van der Waals surface area contributed by atoms with Crippen LogP contribution in [0.1, 0.15) is 68.7 Å². The van der Waals surface area contributed by atoms with Gasteiger partial charge in [-0.1, -0.05) is 12.1 Å². The Bertz CT molecular complexity index is 2550. The number of amides is 5. The minimum atomic E-state index is -4.72. The highest BCUT2D eigenvalue weighted by Crippen LogP contribution is 2.42. The number of hydrogen-bond donors (Lipinski definition) is 4. The second-order valence-corrected chi connectivity index (χ2v) is 16.7. The van der Waals surface area contributed by atoms with Gasteiger partial charge in [0, 0.05) is 82.3 Å². The van der Waals surface area contributed by atoms with Crippen molar-refractivity contribution in [2.75, 3.05) is 67.3 Å². The first kappa shape index (κ1) is 42.5. The Morgan fingerprint density at radius 3 is 2.28 bits per heavy atom. The average Bonchev–Trinajstić information content (AvgIpc) is 3.52. The van der Waals surface area contributed by atoms with Gasteiger partial charge in [0.25, 0.3) is 17.7 Å². The third-order valence-corrected chi connectivity index (χ3v) is 13.0. The molecule has 19 heteroatoms. The summed E-state index contributed by atoms with van der Waals surface area (Å²) in [7, 11) is 2.95. The highest BCUT2D eigenvalue weighted by molar-refractivity contribution is 6.23. The van der Waals surface area contributed by atoms with E-state index in [9.17, 15) is 37.1 Å². The van der Waals surface area contributed by atoms with Crippen LogP contribution in [0.2, 0.25) is 0 Å². The maximum absolute atomic E-state index is 15.6. The van der Waals surface area contributed by atoms with Gasteiger partial charge < -0.3 is 30.5 Å². The molecule has 64 heavy (non-hydrogen) atoms. The zero-order valence-corrected chi connectivity index (χ0v) is 34.9. The highest BCUT2D eigenvalue weighted by atomic mass is 19.4. The van der Waals surface area contributed by atoms with Crippen LogP contribution in [-0.4, -0.2) is 109 Å². The van der Waals surface area contributed by atoms with Gasteiger partial charge in [-0.25, -0.2) is 9.37 Å². The lowest BCUT2D eigenvalue weighted by molar-refractivity contribution is -0.137. The van der Waals surface area contributed by atoms with Crippen molar-refractivity contribution >= 4 is 63.8 Å². The molecule has 1 aromatic heterocycles. The van der Waals surface area contributed by atoms with Gasteiger partial charge in [-0.2, -0.15) is 13.2 Å². The molecular formula is C45H45F4N9O6. The second kappa shape index (κ2) is 16.7. The number of carbonyl (C=O) groups is 5. The Morgan fingerprint density at radius 1 is 0.875 bits per heavy atom. The second-order valence-electron chi connectivity index (χ2n) is 16.7. The van der Waals surface area contributed by atoms with E-state index in [1.54, 1.807) is 18.2 Å². The topological polar surface area (TPSA) is 169 Å². The number of ether oxygens (including phenoxy) is 1. The maximum atomic E-state index is 15.6. The summed E-state index contributed by atoms with van der Waals surface area (Å²) >= 11 is 0. The van der Waals surface area contributed by atoms with E-state index in [0.29, 0.717) is 30.4 Å². The van der Waals surface area contributed by atoms with E-state index in [0.717, 1.165) is 61.7 Å². The van der Waals surface area contributed by atoms with E-state index in [4.69, 9.17) is 4.74 Å². The van der Waals surface area contributed by atoms with Crippen molar-refractivity contribution in [1.82, 2.24) is 25.4 Å². The number of aromatic nitrogens is 1. The number of fused-ring (bicyclic) bond motifs is 3. The molecule has 0 saturated carbocycles. The molecule has 10 rings (SSSR count). The molecule has 3 atom stereocenters. The van der Waals surface area contributed by atoms with Crippen molar-refractivity contribution in [3.63, 3.8) is 0 Å². The monoisotopic (exact) mass is 883 g/mol. The lowest BCUT2D eigenvalue weighted by Gasteiger charge is -2.58. The molecule has 0 aliphatic carbocycles. The summed E-state index contributed by atoms with van der Waals surface area (Å²) in [4.78, 5) is 74.8. The number of piperazine rings is 1. The molecule has 6 aliphatic rings. The molecular weight excluding hydrogens is 839 g/mol. The van der Waals surface area contributed by atoms with Crippen molar-refractivity contribution in [3.05, 3.63) is 94.9 Å². The van der Waals surface area contributed by atoms with Gasteiger partial charge in [0.2, 0.25) is 11.8 Å². The molecule has 4 aromatic rings. The summed E-state index contributed by atoms with van der Waals surface area (Å²) in [6, 6.07) is 14.9. The number of carbonyl (C=O) groups excluding carboxylic acids is 5. The van der Waals surface area contributed by atoms with Gasteiger partial charge >= 0.3 is 6.18 Å². The zero-order chi connectivity index (χ0) is 45.0. The number of nitrogens with zero attached hydrogens (tertiary/aromatic N) is 5. The van der Waals surface area contributed by atoms with Crippen LogP contribution in [0.15, 0.2) is 66.9 Å². The van der Waals surface area contributed by atoms with Crippen molar-refractivity contribution in [1.29, 1.82) is 0 Å². The number of anilines is 6. The Morgan fingerprint density at radius 2 is 1.59 bits per heavy atom. The van der Waals surface area contributed by atoms with E-state index >= 15 is 4.39 Å². The van der Waals surface area contributed by atoms with E-state index in [1.165, 1.54) is 38.4 Å². The van der Waals surface area contributed by atoms with Crippen LogP contribution in [0.4, 0.5) is 51.8 Å².